The van der Waals surface area contributed by atoms with Crippen molar-refractivity contribution in [2.24, 2.45) is 11.7 Å². The lowest BCUT2D eigenvalue weighted by Crippen LogP contribution is -2.49. The number of rotatable bonds is 4. The van der Waals surface area contributed by atoms with Gasteiger partial charge in [0.1, 0.15) is 0 Å². The van der Waals surface area contributed by atoms with Gasteiger partial charge in [-0.1, -0.05) is 6.42 Å². The molecule has 9 heteroatoms. The Labute approximate surface area is 173 Å². The molecule has 1 aromatic rings. The molecule has 1 aliphatic heterocycles. The molecule has 1 saturated heterocycles. The van der Waals surface area contributed by atoms with Crippen LogP contribution in [0.2, 0.25) is 0 Å². The maximum Gasteiger partial charge on any atom is 0.222 e. The lowest BCUT2D eigenvalue weighted by molar-refractivity contribution is -0.134. The zero-order valence-electron chi connectivity index (χ0n) is 14.6. The van der Waals surface area contributed by atoms with Crippen LogP contribution in [0.25, 0.3) is 0 Å². The van der Waals surface area contributed by atoms with E-state index in [0.29, 0.717) is 18.2 Å². The highest BCUT2D eigenvalue weighted by molar-refractivity contribution is 7.09. The molecular weight excluding hydrogens is 403 g/mol. The van der Waals surface area contributed by atoms with Crippen LogP contribution in [0.3, 0.4) is 0 Å². The van der Waals surface area contributed by atoms with Crippen LogP contribution in [0.5, 0.6) is 0 Å². The minimum Gasteiger partial charge on any atom is -0.340 e. The molecule has 0 bridgehead atoms. The molecule has 0 spiro atoms. The van der Waals surface area contributed by atoms with Crippen molar-refractivity contribution < 1.29 is 4.79 Å². The first-order valence-corrected chi connectivity index (χ1v) is 9.16. The molecular formula is C16H29Cl3N4OS. The van der Waals surface area contributed by atoms with E-state index in [1.807, 2.05) is 11.8 Å². The summed E-state index contributed by atoms with van der Waals surface area (Å²) in [6.45, 7) is 6.50. The Hall–Kier alpha value is -0.110. The van der Waals surface area contributed by atoms with E-state index in [0.717, 1.165) is 56.3 Å². The number of aryl methyl sites for hydroxylation is 1. The number of amides is 1. The maximum absolute atomic E-state index is 12.4. The highest BCUT2D eigenvalue weighted by Crippen LogP contribution is 2.27. The number of nitrogens with two attached hydrogens (primary N) is 1. The van der Waals surface area contributed by atoms with Crippen molar-refractivity contribution in [1.29, 1.82) is 0 Å². The Morgan fingerprint density at radius 1 is 1.24 bits per heavy atom. The van der Waals surface area contributed by atoms with E-state index in [9.17, 15) is 4.79 Å². The second kappa shape index (κ2) is 11.6. The first-order valence-electron chi connectivity index (χ1n) is 8.28. The topological polar surface area (TPSA) is 62.5 Å². The Bertz CT molecular complexity index is 523. The summed E-state index contributed by atoms with van der Waals surface area (Å²) in [6.07, 6.45) is 4.03. The SMILES string of the molecule is Cc1nc(CN2CCN(C(=O)C[C@@H]3CCC[C@H]3N)CC2)cs1.Cl.Cl.Cl. The third-order valence-corrected chi connectivity index (χ3v) is 5.75. The van der Waals surface area contributed by atoms with E-state index >= 15 is 0 Å². The molecule has 2 N–H and O–H groups in total. The van der Waals surface area contributed by atoms with Gasteiger partial charge in [-0.05, 0) is 25.7 Å². The zero-order valence-corrected chi connectivity index (χ0v) is 17.8. The van der Waals surface area contributed by atoms with Crippen molar-refractivity contribution in [3.63, 3.8) is 0 Å². The van der Waals surface area contributed by atoms with Crippen molar-refractivity contribution in [1.82, 2.24) is 14.8 Å². The average Bonchev–Trinajstić information content (AvgIpc) is 3.09. The van der Waals surface area contributed by atoms with E-state index in [1.54, 1.807) is 11.3 Å². The minimum atomic E-state index is 0. The largest absolute Gasteiger partial charge is 0.340 e. The second-order valence-corrected chi connectivity index (χ2v) is 7.64. The fourth-order valence-electron chi connectivity index (χ4n) is 3.54. The van der Waals surface area contributed by atoms with Gasteiger partial charge < -0.3 is 10.6 Å². The third-order valence-electron chi connectivity index (χ3n) is 4.93. The summed E-state index contributed by atoms with van der Waals surface area (Å²) in [4.78, 5) is 21.3. The number of halogens is 3. The van der Waals surface area contributed by atoms with Gasteiger partial charge in [0.15, 0.2) is 0 Å². The number of hydrogen-bond donors (Lipinski definition) is 1. The molecule has 0 aromatic carbocycles. The normalized spacial score (nSPS) is 23.4. The lowest BCUT2D eigenvalue weighted by Gasteiger charge is -2.35. The van der Waals surface area contributed by atoms with E-state index in [-0.39, 0.29) is 43.3 Å². The summed E-state index contributed by atoms with van der Waals surface area (Å²) in [5, 5.41) is 3.26. The van der Waals surface area contributed by atoms with Crippen molar-refractivity contribution in [3.05, 3.63) is 16.1 Å². The molecule has 1 aliphatic carbocycles. The van der Waals surface area contributed by atoms with Crippen LogP contribution in [0.4, 0.5) is 0 Å². The Kier molecular flexibility index (Phi) is 11.5. The van der Waals surface area contributed by atoms with Crippen molar-refractivity contribution in [3.8, 4) is 0 Å². The Morgan fingerprint density at radius 3 is 2.44 bits per heavy atom. The molecule has 1 saturated carbocycles. The number of piperazine rings is 1. The molecule has 1 aromatic heterocycles. The van der Waals surface area contributed by atoms with Crippen LogP contribution in [0, 0.1) is 12.8 Å². The summed E-state index contributed by atoms with van der Waals surface area (Å²) >= 11 is 1.70. The second-order valence-electron chi connectivity index (χ2n) is 6.57. The highest BCUT2D eigenvalue weighted by Gasteiger charge is 2.29. The van der Waals surface area contributed by atoms with Gasteiger partial charge in [0.2, 0.25) is 5.91 Å². The Morgan fingerprint density at radius 2 is 1.92 bits per heavy atom. The predicted molar refractivity (Wildman–Crippen MR) is 110 cm³/mol. The molecule has 2 fully saturated rings. The van der Waals surface area contributed by atoms with Crippen molar-refractivity contribution in [2.45, 2.75) is 45.2 Å². The lowest BCUT2D eigenvalue weighted by atomic mass is 9.99. The van der Waals surface area contributed by atoms with Crippen LogP contribution in [-0.4, -0.2) is 52.9 Å². The zero-order chi connectivity index (χ0) is 15.5. The van der Waals surface area contributed by atoms with Gasteiger partial charge in [0.25, 0.3) is 0 Å². The molecule has 146 valence electrons. The first kappa shape index (κ1) is 24.9. The summed E-state index contributed by atoms with van der Waals surface area (Å²) in [6, 6.07) is 0.234. The highest BCUT2D eigenvalue weighted by atomic mass is 35.5. The standard InChI is InChI=1S/C16H26N4OS.3ClH/c1-12-18-14(11-22-12)10-19-5-7-20(8-6-19)16(21)9-13-3-2-4-15(13)17;;;/h11,13,15H,2-10,17H2,1H3;3*1H/t13-,15+;;;/m0.../s1. The molecule has 5 nitrogen and oxygen atoms in total. The quantitative estimate of drug-likeness (QED) is 0.796. The van der Waals surface area contributed by atoms with Crippen LogP contribution >= 0.6 is 48.6 Å². The van der Waals surface area contributed by atoms with Crippen LogP contribution < -0.4 is 5.73 Å². The number of carbonyl (C=O) groups excluding carboxylic acids is 1. The molecule has 3 rings (SSSR count). The molecule has 0 radical (unpaired) electrons. The molecule has 2 heterocycles. The van der Waals surface area contributed by atoms with Crippen molar-refractivity contribution >= 4 is 54.5 Å². The van der Waals surface area contributed by atoms with Gasteiger partial charge in [-0.3, -0.25) is 9.69 Å². The van der Waals surface area contributed by atoms with E-state index in [1.165, 1.54) is 6.42 Å². The predicted octanol–water partition coefficient (Wildman–Crippen LogP) is 2.88. The van der Waals surface area contributed by atoms with Crippen LogP contribution in [-0.2, 0) is 11.3 Å². The van der Waals surface area contributed by atoms with Gasteiger partial charge in [-0.2, -0.15) is 0 Å². The number of nitrogens with zero attached hydrogens (tertiary/aromatic N) is 3. The minimum absolute atomic E-state index is 0. The summed E-state index contributed by atoms with van der Waals surface area (Å²) in [7, 11) is 0. The summed E-state index contributed by atoms with van der Waals surface area (Å²) in [5.41, 5.74) is 7.23. The third kappa shape index (κ3) is 6.85. The van der Waals surface area contributed by atoms with Crippen LogP contribution in [0.1, 0.15) is 36.4 Å². The molecule has 1 amide bonds. The average molecular weight is 432 g/mol. The fourth-order valence-corrected chi connectivity index (χ4v) is 4.14. The molecule has 2 atom stereocenters. The van der Waals surface area contributed by atoms with Crippen LogP contribution in [0.15, 0.2) is 5.38 Å². The number of hydrogen-bond acceptors (Lipinski definition) is 5. The van der Waals surface area contributed by atoms with Crippen molar-refractivity contribution in [2.75, 3.05) is 26.2 Å². The van der Waals surface area contributed by atoms with Gasteiger partial charge >= 0.3 is 0 Å². The molecule has 0 unspecified atom stereocenters. The molecule has 25 heavy (non-hydrogen) atoms. The maximum atomic E-state index is 12.4. The smallest absolute Gasteiger partial charge is 0.222 e. The van der Waals surface area contributed by atoms with E-state index < -0.39 is 0 Å². The fraction of sp³-hybridized carbons (Fsp3) is 0.750. The number of thiazole rings is 1. The van der Waals surface area contributed by atoms with Gasteiger partial charge in [0, 0.05) is 50.6 Å². The van der Waals surface area contributed by atoms with Gasteiger partial charge in [-0.15, -0.1) is 48.6 Å². The number of carbonyl (C=O) groups is 1. The van der Waals surface area contributed by atoms with E-state index in [2.05, 4.69) is 15.3 Å². The van der Waals surface area contributed by atoms with Gasteiger partial charge in [-0.25, -0.2) is 4.98 Å². The summed E-state index contributed by atoms with van der Waals surface area (Å²) < 4.78 is 0. The monoisotopic (exact) mass is 430 g/mol. The number of aromatic nitrogens is 1. The van der Waals surface area contributed by atoms with Gasteiger partial charge in [0.05, 0.1) is 10.7 Å². The molecule has 2 aliphatic rings. The summed E-state index contributed by atoms with van der Waals surface area (Å²) in [5.74, 6) is 0.704. The van der Waals surface area contributed by atoms with E-state index in [4.69, 9.17) is 5.73 Å². The Balaban J connectivity index is 0.00000192. The first-order chi connectivity index (χ1) is 10.6.